The van der Waals surface area contributed by atoms with Crippen LogP contribution >= 0.6 is 31.9 Å². The average Bonchev–Trinajstić information content (AvgIpc) is 3.60. The van der Waals surface area contributed by atoms with Crippen LogP contribution in [-0.4, -0.2) is 78.1 Å². The van der Waals surface area contributed by atoms with E-state index in [4.69, 9.17) is 43.1 Å². The van der Waals surface area contributed by atoms with Gasteiger partial charge in [0.1, 0.15) is 11.2 Å². The van der Waals surface area contributed by atoms with Crippen molar-refractivity contribution in [1.82, 2.24) is 0 Å². The van der Waals surface area contributed by atoms with Crippen molar-refractivity contribution in [3.63, 3.8) is 0 Å². The highest BCUT2D eigenvalue weighted by molar-refractivity contribution is 9.11. The molecule has 6 rings (SSSR count). The Labute approximate surface area is 413 Å². The first-order valence-corrected chi connectivity index (χ1v) is 23.8. The van der Waals surface area contributed by atoms with Crippen molar-refractivity contribution in [2.45, 2.75) is 183 Å². The third kappa shape index (κ3) is 16.0. The van der Waals surface area contributed by atoms with Crippen LogP contribution in [0.1, 0.15) is 136 Å². The Morgan fingerprint density at radius 1 is 0.530 bits per heavy atom. The van der Waals surface area contributed by atoms with Crippen molar-refractivity contribution in [3.8, 4) is 0 Å². The summed E-state index contributed by atoms with van der Waals surface area (Å²) in [6, 6.07) is 19.1. The number of ether oxygens (including phenoxy) is 2. The van der Waals surface area contributed by atoms with Gasteiger partial charge in [0, 0.05) is 25.8 Å². The number of hydrogen-bond acceptors (Lipinski definition) is 11. The van der Waals surface area contributed by atoms with Crippen LogP contribution in [0.3, 0.4) is 0 Å². The second kappa shape index (κ2) is 21.3. The zero-order valence-corrected chi connectivity index (χ0v) is 46.1. The monoisotopic (exact) mass is 1040 g/mol. The summed E-state index contributed by atoms with van der Waals surface area (Å²) in [5.74, 6) is 0. The molecule has 4 N–H and O–H groups in total. The zero-order valence-electron chi connectivity index (χ0n) is 42.9. The molecule has 66 heavy (non-hydrogen) atoms. The summed E-state index contributed by atoms with van der Waals surface area (Å²) in [5.41, 5.74) is 7.42. The van der Waals surface area contributed by atoms with Gasteiger partial charge in [0.15, 0.2) is 0 Å². The predicted octanol–water partition coefficient (Wildman–Crippen LogP) is 12.0. The minimum Gasteiger partial charge on any atom is -0.444 e. The van der Waals surface area contributed by atoms with Crippen molar-refractivity contribution in [2.75, 3.05) is 16.4 Å². The van der Waals surface area contributed by atoms with Crippen molar-refractivity contribution in [3.05, 3.63) is 80.7 Å². The normalized spacial score (nSPS) is 19.5. The molecule has 18 heteroatoms. The van der Waals surface area contributed by atoms with E-state index in [2.05, 4.69) is 42.5 Å². The summed E-state index contributed by atoms with van der Waals surface area (Å²) in [5, 5.41) is 5.48. The lowest BCUT2D eigenvalue weighted by Gasteiger charge is -2.32. The minimum absolute atomic E-state index is 0.360. The lowest BCUT2D eigenvalue weighted by molar-refractivity contribution is 0.00578. The van der Waals surface area contributed by atoms with Crippen molar-refractivity contribution in [1.29, 1.82) is 0 Å². The van der Waals surface area contributed by atoms with Crippen LogP contribution in [0.25, 0.3) is 0 Å². The lowest BCUT2D eigenvalue weighted by atomic mass is 9.49. The average molecular weight is 1050 g/mol. The highest BCUT2D eigenvalue weighted by Crippen LogP contribution is 2.43. The summed E-state index contributed by atoms with van der Waals surface area (Å²) < 4.78 is 48.2. The van der Waals surface area contributed by atoms with Gasteiger partial charge in [0.2, 0.25) is 0 Å². The number of amides is 2. The molecule has 3 aliphatic rings. The van der Waals surface area contributed by atoms with E-state index in [1.165, 1.54) is 5.56 Å². The van der Waals surface area contributed by atoms with Gasteiger partial charge in [-0.15, -0.1) is 0 Å². The smallest absolute Gasteiger partial charge is 0.444 e. The predicted molar refractivity (Wildman–Crippen MR) is 276 cm³/mol. The summed E-state index contributed by atoms with van der Waals surface area (Å²) in [6.07, 6.45) is -0.944. The third-order valence-corrected chi connectivity index (χ3v) is 13.2. The number of aryl methyl sites for hydroxylation is 2. The Kier molecular flexibility index (Phi) is 18.4. The van der Waals surface area contributed by atoms with E-state index in [0.717, 1.165) is 25.7 Å². The number of halogens is 2. The highest BCUT2D eigenvalue weighted by Gasteiger charge is 2.63. The van der Waals surface area contributed by atoms with Gasteiger partial charge in [0.25, 0.3) is 0 Å². The highest BCUT2D eigenvalue weighted by atomic mass is 79.9. The molecule has 3 saturated heterocycles. The number of carbonyl (C=O) groups is 2. The Balaban J connectivity index is 0.000000243. The Morgan fingerprint density at radius 2 is 0.879 bits per heavy atom. The summed E-state index contributed by atoms with van der Waals surface area (Å²) in [4.78, 5) is 23.6. The molecule has 13 nitrogen and oxygen atoms in total. The molecule has 3 fully saturated rings. The van der Waals surface area contributed by atoms with E-state index >= 15 is 0 Å². The Hall–Kier alpha value is -3.09. The number of nitrogens with two attached hydrogens (primary N) is 1. The topological polar surface area (TPSA) is 158 Å². The molecule has 0 aromatic heterocycles. The molecular formula is C48H74B3Br2N3O10. The van der Waals surface area contributed by atoms with E-state index in [1.807, 2.05) is 199 Å². The summed E-state index contributed by atoms with van der Waals surface area (Å²) in [7, 11) is -1.49. The van der Waals surface area contributed by atoms with E-state index in [0.29, 0.717) is 11.4 Å². The SMILES string of the molecule is CC(C)(C)OC(=O)Nc1ccccc1B1OC(C)(C)C(C)(C)O1.CC1(C)OB(B2OC(C)(C)C(C)(C)O2)OC1(C)C.Cc1ccc(Br)c(N)c1.Cc1ccc(Br)c(NC(=O)OC(C)(C)C)c1. The number of para-hydroxylation sites is 1. The van der Waals surface area contributed by atoms with Gasteiger partial charge in [-0.1, -0.05) is 30.3 Å². The summed E-state index contributed by atoms with van der Waals surface area (Å²) >= 11 is 6.67. The second-order valence-electron chi connectivity index (χ2n) is 21.7. The number of hydrogen-bond donors (Lipinski definition) is 3. The van der Waals surface area contributed by atoms with Gasteiger partial charge >= 0.3 is 33.3 Å². The molecule has 364 valence electrons. The first-order valence-electron chi connectivity index (χ1n) is 22.2. The molecule has 0 radical (unpaired) electrons. The van der Waals surface area contributed by atoms with Gasteiger partial charge < -0.3 is 43.1 Å². The molecule has 0 unspecified atom stereocenters. The third-order valence-electron chi connectivity index (χ3n) is 11.8. The fourth-order valence-electron chi connectivity index (χ4n) is 6.01. The van der Waals surface area contributed by atoms with Crippen LogP contribution < -0.4 is 21.8 Å². The van der Waals surface area contributed by atoms with Crippen LogP contribution in [0, 0.1) is 13.8 Å². The quantitative estimate of drug-likeness (QED) is 0.169. The Bertz CT molecular complexity index is 2070. The lowest BCUT2D eigenvalue weighted by Crippen LogP contribution is -2.41. The molecule has 0 spiro atoms. The van der Waals surface area contributed by atoms with Crippen molar-refractivity contribution in [2.24, 2.45) is 0 Å². The maximum atomic E-state index is 12.0. The number of benzene rings is 3. The molecule has 2 amide bonds. The number of carbonyl (C=O) groups excluding carboxylic acids is 2. The maximum Gasteiger partial charge on any atom is 0.496 e. The van der Waals surface area contributed by atoms with Crippen molar-refractivity contribution >= 4 is 87.7 Å². The van der Waals surface area contributed by atoms with E-state index in [1.54, 1.807) is 0 Å². The zero-order chi connectivity index (χ0) is 50.6. The van der Waals surface area contributed by atoms with E-state index in [-0.39, 0.29) is 22.4 Å². The molecule has 0 bridgehead atoms. The van der Waals surface area contributed by atoms with Crippen LogP contribution in [0.4, 0.5) is 26.7 Å². The molecule has 0 saturated carbocycles. The number of nitrogens with one attached hydrogen (secondary N) is 2. The number of nitrogen functional groups attached to an aromatic ring is 1. The Morgan fingerprint density at radius 3 is 1.26 bits per heavy atom. The first-order chi connectivity index (χ1) is 29.8. The van der Waals surface area contributed by atoms with Gasteiger partial charge in [-0.25, -0.2) is 9.59 Å². The fourth-order valence-corrected chi connectivity index (χ4v) is 6.60. The van der Waals surface area contributed by atoms with Crippen LogP contribution in [0.5, 0.6) is 0 Å². The standard InChI is InChI=1S/C17H26BNO4.C12H24B2O4.C12H16BrNO2.C7H8BrN/c1-15(2,3)21-14(20)19-13-11-9-8-10-12(13)18-22-16(4,5)17(6,7)23-18;1-9(2)10(3,4)16-13(15-9)14-17-11(5,6)12(7,8)18-14;1-8-5-6-9(13)10(7-8)14-11(15)16-12(2,3)4;1-5-2-3-6(8)7(9)4-5/h8-11H,1-7H3,(H,19,20);1-8H3;5-7H,1-4H3,(H,14,15);2-4H,9H2,1H3. The van der Waals surface area contributed by atoms with Gasteiger partial charge in [-0.3, -0.25) is 10.6 Å². The molecule has 0 atom stereocenters. The molecule has 3 aromatic carbocycles. The molecule has 3 heterocycles. The number of anilines is 3. The molecule has 3 aromatic rings. The molecule has 3 aliphatic heterocycles. The van der Waals surface area contributed by atoms with Crippen LogP contribution in [0.15, 0.2) is 69.6 Å². The maximum absolute atomic E-state index is 12.0. The summed E-state index contributed by atoms with van der Waals surface area (Å²) in [6.45, 7) is 39.1. The van der Waals surface area contributed by atoms with E-state index < -0.39 is 55.7 Å². The van der Waals surface area contributed by atoms with Crippen molar-refractivity contribution < 1.29 is 47.0 Å². The molecule has 0 aliphatic carbocycles. The van der Waals surface area contributed by atoms with Gasteiger partial charge in [-0.2, -0.15) is 0 Å². The van der Waals surface area contributed by atoms with Gasteiger partial charge in [0.05, 0.1) is 39.3 Å². The van der Waals surface area contributed by atoms with Crippen LogP contribution in [-0.2, 0) is 37.4 Å². The largest absolute Gasteiger partial charge is 0.496 e. The van der Waals surface area contributed by atoms with Gasteiger partial charge in [-0.05, 0) is 212 Å². The second-order valence-corrected chi connectivity index (χ2v) is 23.4. The van der Waals surface area contributed by atoms with Crippen LogP contribution in [0.2, 0.25) is 0 Å². The molecular weight excluding hydrogens is 971 g/mol. The first kappa shape index (κ1) is 57.2. The van der Waals surface area contributed by atoms with E-state index in [9.17, 15) is 9.59 Å². The number of rotatable bonds is 4. The fraction of sp³-hybridized carbons (Fsp3) is 0.583. The minimum atomic E-state index is -0.552.